The first-order valence-corrected chi connectivity index (χ1v) is 10.1. The minimum atomic E-state index is -0.811. The number of Topliss-reactive ketones (excluding diaryl/α,β-unsaturated/α-hetero) is 2. The third kappa shape index (κ3) is 5.85. The number of ketones is 2. The van der Waals surface area contributed by atoms with Gasteiger partial charge in [0.15, 0.2) is 5.78 Å². The zero-order valence-corrected chi connectivity index (χ0v) is 19.1. The van der Waals surface area contributed by atoms with E-state index in [1.165, 1.54) is 20.2 Å². The summed E-state index contributed by atoms with van der Waals surface area (Å²) in [6.07, 6.45) is 1.39. The molecule has 168 valence electrons. The summed E-state index contributed by atoms with van der Waals surface area (Å²) in [5.74, 6) is -0.0668. The molecule has 5 N–H and O–H groups in total. The van der Waals surface area contributed by atoms with E-state index in [0.717, 1.165) is 11.1 Å². The SMILES string of the molecule is CN=CC(=C(N)C(=O)C(Nc1cccc(OC)c1)c1ccc(C)cc1)C(C(C)=O)=C(C)N. The fraction of sp³-hybridized carbons (Fsp3) is 0.240. The summed E-state index contributed by atoms with van der Waals surface area (Å²) in [6, 6.07) is 14.0. The largest absolute Gasteiger partial charge is 0.497 e. The molecule has 0 aliphatic rings. The Bertz CT molecular complexity index is 1080. The van der Waals surface area contributed by atoms with Crippen molar-refractivity contribution in [1.29, 1.82) is 0 Å². The normalized spacial score (nSPS) is 13.8. The van der Waals surface area contributed by atoms with Crippen LogP contribution in [-0.2, 0) is 9.59 Å². The number of benzene rings is 2. The number of nitrogens with zero attached hydrogens (tertiary/aromatic N) is 1. The van der Waals surface area contributed by atoms with E-state index in [1.807, 2.05) is 49.4 Å². The number of aryl methyl sites for hydroxylation is 1. The van der Waals surface area contributed by atoms with Crippen molar-refractivity contribution in [3.05, 3.63) is 82.2 Å². The number of aliphatic imine (C=N–C) groups is 1. The van der Waals surface area contributed by atoms with Crippen molar-refractivity contribution in [2.24, 2.45) is 16.5 Å². The van der Waals surface area contributed by atoms with Crippen LogP contribution in [0.2, 0.25) is 0 Å². The van der Waals surface area contributed by atoms with Crippen molar-refractivity contribution >= 4 is 23.5 Å². The number of nitrogens with two attached hydrogens (primary N) is 2. The second-order valence-electron chi connectivity index (χ2n) is 7.41. The maximum absolute atomic E-state index is 13.6. The number of ether oxygens (including phenoxy) is 1. The lowest BCUT2D eigenvalue weighted by atomic mass is 9.93. The Morgan fingerprint density at radius 1 is 1.09 bits per heavy atom. The van der Waals surface area contributed by atoms with Crippen molar-refractivity contribution in [3.8, 4) is 5.75 Å². The van der Waals surface area contributed by atoms with Gasteiger partial charge in [-0.05, 0) is 38.5 Å². The summed E-state index contributed by atoms with van der Waals surface area (Å²) in [4.78, 5) is 29.9. The first-order valence-electron chi connectivity index (χ1n) is 10.1. The Kier molecular flexibility index (Phi) is 8.35. The molecule has 2 aromatic carbocycles. The van der Waals surface area contributed by atoms with Crippen LogP contribution in [0.25, 0.3) is 0 Å². The first kappa shape index (κ1) is 24.4. The maximum Gasteiger partial charge on any atom is 0.205 e. The molecule has 0 spiro atoms. The molecule has 0 saturated carbocycles. The van der Waals surface area contributed by atoms with E-state index >= 15 is 0 Å². The number of nitrogens with one attached hydrogen (secondary N) is 1. The van der Waals surface area contributed by atoms with Crippen molar-refractivity contribution in [2.75, 3.05) is 19.5 Å². The van der Waals surface area contributed by atoms with E-state index < -0.39 is 11.8 Å². The van der Waals surface area contributed by atoms with Crippen LogP contribution in [0.1, 0.15) is 31.0 Å². The lowest BCUT2D eigenvalue weighted by Crippen LogP contribution is -2.28. The van der Waals surface area contributed by atoms with E-state index in [0.29, 0.717) is 11.4 Å². The van der Waals surface area contributed by atoms with Gasteiger partial charge in [0, 0.05) is 41.9 Å². The molecule has 2 aromatic rings. The minimum absolute atomic E-state index is 0.105. The smallest absolute Gasteiger partial charge is 0.205 e. The second kappa shape index (κ2) is 10.9. The molecule has 7 nitrogen and oxygen atoms in total. The molecule has 0 heterocycles. The second-order valence-corrected chi connectivity index (χ2v) is 7.41. The van der Waals surface area contributed by atoms with Gasteiger partial charge < -0.3 is 21.5 Å². The molecule has 0 aliphatic heterocycles. The van der Waals surface area contributed by atoms with Gasteiger partial charge in [0.05, 0.1) is 12.8 Å². The summed E-state index contributed by atoms with van der Waals surface area (Å²) in [6.45, 7) is 4.93. The predicted molar refractivity (Wildman–Crippen MR) is 129 cm³/mol. The van der Waals surface area contributed by atoms with Crippen LogP contribution in [0, 0.1) is 6.92 Å². The van der Waals surface area contributed by atoms with Crippen molar-refractivity contribution in [2.45, 2.75) is 26.8 Å². The standard InChI is InChI=1S/C25H30N4O3/c1-15-9-11-18(12-10-15)24(29-19-7-6-8-20(13-19)32-5)25(31)23(27)21(14-28-4)22(16(2)26)17(3)30/h6-14,24,29H,26-27H2,1-5H3. The molecule has 0 fully saturated rings. The molecule has 2 rings (SSSR count). The summed E-state index contributed by atoms with van der Waals surface area (Å²) in [7, 11) is 3.11. The Hall–Kier alpha value is -3.87. The van der Waals surface area contributed by atoms with E-state index in [9.17, 15) is 9.59 Å². The van der Waals surface area contributed by atoms with Gasteiger partial charge >= 0.3 is 0 Å². The lowest BCUT2D eigenvalue weighted by Gasteiger charge is -2.21. The van der Waals surface area contributed by atoms with Crippen LogP contribution >= 0.6 is 0 Å². The van der Waals surface area contributed by atoms with E-state index in [1.54, 1.807) is 20.1 Å². The third-order valence-electron chi connectivity index (χ3n) is 4.88. The number of methoxy groups -OCH3 is 1. The molecule has 0 bridgehead atoms. The number of anilines is 1. The number of allylic oxidation sites excluding steroid dienone is 3. The van der Waals surface area contributed by atoms with E-state index in [2.05, 4.69) is 10.3 Å². The number of rotatable bonds is 9. The lowest BCUT2D eigenvalue weighted by molar-refractivity contribution is -0.116. The van der Waals surface area contributed by atoms with Gasteiger partial charge in [0.2, 0.25) is 5.78 Å². The highest BCUT2D eigenvalue weighted by Crippen LogP contribution is 2.27. The van der Waals surface area contributed by atoms with Crippen LogP contribution in [0.15, 0.2) is 76.1 Å². The Balaban J connectivity index is 2.63. The molecule has 1 unspecified atom stereocenters. The zero-order chi connectivity index (χ0) is 23.8. The van der Waals surface area contributed by atoms with E-state index in [-0.39, 0.29) is 28.3 Å². The van der Waals surface area contributed by atoms with Gasteiger partial charge in [-0.3, -0.25) is 14.6 Å². The van der Waals surface area contributed by atoms with Crippen LogP contribution in [-0.4, -0.2) is 31.9 Å². The van der Waals surface area contributed by atoms with Gasteiger partial charge in [-0.1, -0.05) is 35.9 Å². The van der Waals surface area contributed by atoms with Gasteiger partial charge in [-0.15, -0.1) is 0 Å². The van der Waals surface area contributed by atoms with Crippen molar-refractivity contribution in [3.63, 3.8) is 0 Å². The predicted octanol–water partition coefficient (Wildman–Crippen LogP) is 3.46. The number of hydrogen-bond acceptors (Lipinski definition) is 7. The molecule has 0 amide bonds. The fourth-order valence-corrected chi connectivity index (χ4v) is 3.30. The minimum Gasteiger partial charge on any atom is -0.497 e. The Labute approximate surface area is 188 Å². The molecular formula is C25H30N4O3. The fourth-order valence-electron chi connectivity index (χ4n) is 3.30. The molecule has 1 atom stereocenters. The molecule has 0 aromatic heterocycles. The molecular weight excluding hydrogens is 404 g/mol. The third-order valence-corrected chi connectivity index (χ3v) is 4.88. The Morgan fingerprint density at radius 2 is 1.75 bits per heavy atom. The average molecular weight is 435 g/mol. The Morgan fingerprint density at radius 3 is 2.28 bits per heavy atom. The summed E-state index contributed by atoms with van der Waals surface area (Å²) >= 11 is 0. The zero-order valence-electron chi connectivity index (χ0n) is 19.1. The molecule has 0 saturated heterocycles. The van der Waals surface area contributed by atoms with Gasteiger partial charge in [0.1, 0.15) is 11.8 Å². The highest BCUT2D eigenvalue weighted by atomic mass is 16.5. The number of hydrogen-bond donors (Lipinski definition) is 3. The van der Waals surface area contributed by atoms with Gasteiger partial charge in [-0.2, -0.15) is 0 Å². The summed E-state index contributed by atoms with van der Waals surface area (Å²) in [5, 5.41) is 3.24. The molecule has 0 aliphatic carbocycles. The van der Waals surface area contributed by atoms with Crippen molar-refractivity contribution in [1.82, 2.24) is 0 Å². The van der Waals surface area contributed by atoms with Crippen LogP contribution in [0.3, 0.4) is 0 Å². The first-order chi connectivity index (χ1) is 15.2. The number of carbonyl (C=O) groups is 2. The van der Waals surface area contributed by atoms with Gasteiger partial charge in [0.25, 0.3) is 0 Å². The highest BCUT2D eigenvalue weighted by Gasteiger charge is 2.27. The monoisotopic (exact) mass is 434 g/mol. The topological polar surface area (TPSA) is 120 Å². The quantitative estimate of drug-likeness (QED) is 0.316. The van der Waals surface area contributed by atoms with Crippen molar-refractivity contribution < 1.29 is 14.3 Å². The van der Waals surface area contributed by atoms with Crippen LogP contribution in [0.5, 0.6) is 5.75 Å². The summed E-state index contributed by atoms with van der Waals surface area (Å²) < 4.78 is 5.29. The molecule has 7 heteroatoms. The van der Waals surface area contributed by atoms with Crippen LogP contribution in [0.4, 0.5) is 5.69 Å². The number of carbonyl (C=O) groups excluding carboxylic acids is 2. The van der Waals surface area contributed by atoms with E-state index in [4.69, 9.17) is 16.2 Å². The maximum atomic E-state index is 13.6. The van der Waals surface area contributed by atoms with Crippen LogP contribution < -0.4 is 21.5 Å². The molecule has 32 heavy (non-hydrogen) atoms. The van der Waals surface area contributed by atoms with Gasteiger partial charge in [-0.25, -0.2) is 0 Å². The highest BCUT2D eigenvalue weighted by molar-refractivity contribution is 6.13. The average Bonchev–Trinajstić information content (AvgIpc) is 2.76. The summed E-state index contributed by atoms with van der Waals surface area (Å²) in [5.41, 5.74) is 15.3. The molecule has 0 radical (unpaired) electrons.